The van der Waals surface area contributed by atoms with E-state index in [1.165, 1.54) is 19.3 Å². The smallest absolute Gasteiger partial charge is 0.228 e. The van der Waals surface area contributed by atoms with Crippen molar-refractivity contribution in [2.24, 2.45) is 29.1 Å². The minimum Gasteiger partial charge on any atom is -0.378 e. The van der Waals surface area contributed by atoms with Gasteiger partial charge >= 0.3 is 0 Å². The summed E-state index contributed by atoms with van der Waals surface area (Å²) in [6.45, 7) is 8.51. The molecule has 1 aromatic rings. The number of nitrogens with zero attached hydrogens (tertiary/aromatic N) is 4. The van der Waals surface area contributed by atoms with Crippen LogP contribution in [0.3, 0.4) is 0 Å². The van der Waals surface area contributed by atoms with Gasteiger partial charge in [0.1, 0.15) is 5.78 Å². The van der Waals surface area contributed by atoms with Crippen molar-refractivity contribution in [3.63, 3.8) is 0 Å². The fourth-order valence-corrected chi connectivity index (χ4v) is 7.62. The molecule has 0 amide bonds. The largest absolute Gasteiger partial charge is 0.378 e. The monoisotopic (exact) mass is 418 g/mol. The van der Waals surface area contributed by atoms with Crippen molar-refractivity contribution in [3.05, 3.63) is 0 Å². The third-order valence-electron chi connectivity index (χ3n) is 7.50. The molecule has 5 fully saturated rings. The summed E-state index contributed by atoms with van der Waals surface area (Å²) >= 11 is 1.61. The summed E-state index contributed by atoms with van der Waals surface area (Å²) < 4.78 is 7.73. The summed E-state index contributed by atoms with van der Waals surface area (Å²) in [6.07, 6.45) is 7.59. The van der Waals surface area contributed by atoms with Crippen LogP contribution >= 0.6 is 11.8 Å². The molecule has 1 aliphatic heterocycles. The fourth-order valence-electron chi connectivity index (χ4n) is 6.65. The Balaban J connectivity index is 1.30. The van der Waals surface area contributed by atoms with Crippen LogP contribution in [0.4, 0.5) is 5.95 Å². The van der Waals surface area contributed by atoms with E-state index in [-0.39, 0.29) is 5.41 Å². The second-order valence-corrected chi connectivity index (χ2v) is 11.2. The second-order valence-electron chi connectivity index (χ2n) is 10.3. The summed E-state index contributed by atoms with van der Waals surface area (Å²) in [7, 11) is 0. The van der Waals surface area contributed by atoms with Crippen molar-refractivity contribution in [1.82, 2.24) is 14.8 Å². The Morgan fingerprint density at radius 1 is 1.10 bits per heavy atom. The number of anilines is 1. The standard InChI is InChI=1S/C22H34N4O2S/c1-15(2)13-26-20(25-3-5-28-6-4-25)23-24-21(26)29-14-19(27)22-10-16-7-17(11-22)9-18(8-16)12-22/h15-18H,3-14H2,1-2H3. The van der Waals surface area contributed by atoms with Crippen molar-refractivity contribution >= 4 is 23.5 Å². The van der Waals surface area contributed by atoms with E-state index in [1.54, 1.807) is 11.8 Å². The first-order chi connectivity index (χ1) is 14.0. The molecule has 0 unspecified atom stereocenters. The molecule has 160 valence electrons. The lowest BCUT2D eigenvalue weighted by Gasteiger charge is -2.56. The van der Waals surface area contributed by atoms with Gasteiger partial charge in [-0.05, 0) is 62.2 Å². The highest BCUT2D eigenvalue weighted by Crippen LogP contribution is 2.60. The van der Waals surface area contributed by atoms with Crippen LogP contribution in [0.15, 0.2) is 5.16 Å². The van der Waals surface area contributed by atoms with Crippen LogP contribution in [-0.2, 0) is 16.1 Å². The third-order valence-corrected chi connectivity index (χ3v) is 8.47. The average Bonchev–Trinajstić information content (AvgIpc) is 3.07. The molecule has 4 bridgehead atoms. The Morgan fingerprint density at radius 2 is 1.72 bits per heavy atom. The average molecular weight is 419 g/mol. The highest BCUT2D eigenvalue weighted by molar-refractivity contribution is 7.99. The number of rotatable bonds is 7. The summed E-state index contributed by atoms with van der Waals surface area (Å²) in [5.74, 6) is 4.91. The first kappa shape index (κ1) is 19.9. The zero-order chi connectivity index (χ0) is 20.0. The molecule has 0 atom stereocenters. The molecule has 0 aromatic carbocycles. The molecular weight excluding hydrogens is 384 g/mol. The lowest BCUT2D eigenvalue weighted by atomic mass is 9.48. The lowest BCUT2D eigenvalue weighted by Crippen LogP contribution is -2.50. The van der Waals surface area contributed by atoms with Gasteiger partial charge in [-0.3, -0.25) is 9.36 Å². The number of hydrogen-bond acceptors (Lipinski definition) is 6. The predicted molar refractivity (Wildman–Crippen MR) is 114 cm³/mol. The molecule has 0 N–H and O–H groups in total. The highest BCUT2D eigenvalue weighted by Gasteiger charge is 2.54. The fraction of sp³-hybridized carbons (Fsp3) is 0.864. The molecule has 1 aromatic heterocycles. The van der Waals surface area contributed by atoms with E-state index >= 15 is 0 Å². The van der Waals surface area contributed by atoms with E-state index in [2.05, 4.69) is 33.5 Å². The molecule has 6 nitrogen and oxygen atoms in total. The van der Waals surface area contributed by atoms with Crippen LogP contribution in [0.25, 0.3) is 0 Å². The molecule has 4 saturated carbocycles. The van der Waals surface area contributed by atoms with Crippen molar-refractivity contribution in [3.8, 4) is 0 Å². The maximum Gasteiger partial charge on any atom is 0.228 e. The van der Waals surface area contributed by atoms with Crippen molar-refractivity contribution < 1.29 is 9.53 Å². The minimum atomic E-state index is -0.0162. The number of hydrogen-bond donors (Lipinski definition) is 0. The summed E-state index contributed by atoms with van der Waals surface area (Å²) in [6, 6.07) is 0. The van der Waals surface area contributed by atoms with Crippen molar-refractivity contribution in [2.45, 2.75) is 64.1 Å². The van der Waals surface area contributed by atoms with Crippen molar-refractivity contribution in [1.29, 1.82) is 0 Å². The van der Waals surface area contributed by atoms with Gasteiger partial charge in [0.25, 0.3) is 0 Å². The van der Waals surface area contributed by atoms with Gasteiger partial charge in [0.15, 0.2) is 5.16 Å². The van der Waals surface area contributed by atoms with E-state index < -0.39 is 0 Å². The first-order valence-electron chi connectivity index (χ1n) is 11.4. The summed E-state index contributed by atoms with van der Waals surface area (Å²) in [4.78, 5) is 15.7. The van der Waals surface area contributed by atoms with Gasteiger partial charge in [-0.15, -0.1) is 10.2 Å². The molecule has 1 saturated heterocycles. The number of morpholine rings is 1. The first-order valence-corrected chi connectivity index (χ1v) is 12.4. The van der Waals surface area contributed by atoms with E-state index in [9.17, 15) is 4.79 Å². The van der Waals surface area contributed by atoms with Gasteiger partial charge in [0.2, 0.25) is 5.95 Å². The van der Waals surface area contributed by atoms with E-state index in [0.29, 0.717) is 17.5 Å². The highest BCUT2D eigenvalue weighted by atomic mass is 32.2. The number of Topliss-reactive ketones (excluding diaryl/α,β-unsaturated/α-hetero) is 1. The Kier molecular flexibility index (Phi) is 5.39. The topological polar surface area (TPSA) is 60.2 Å². The normalized spacial score (nSPS) is 33.6. The van der Waals surface area contributed by atoms with Crippen molar-refractivity contribution in [2.75, 3.05) is 37.0 Å². The zero-order valence-corrected chi connectivity index (χ0v) is 18.6. The molecule has 7 heteroatoms. The molecule has 5 aliphatic rings. The molecule has 2 heterocycles. The predicted octanol–water partition coefficient (Wildman–Crippen LogP) is 3.65. The molecule has 6 rings (SSSR count). The number of ether oxygens (including phenoxy) is 1. The minimum absolute atomic E-state index is 0.0162. The maximum atomic E-state index is 13.4. The SMILES string of the molecule is CC(C)Cn1c(SCC(=O)C23CC4CC(CC(C4)C2)C3)nnc1N1CCOCC1. The van der Waals surface area contributed by atoms with Crippen LogP contribution in [0.1, 0.15) is 52.4 Å². The van der Waals surface area contributed by atoms with E-state index in [1.807, 2.05) is 0 Å². The third kappa shape index (κ3) is 3.85. The van der Waals surface area contributed by atoms with Crippen LogP contribution in [0.5, 0.6) is 0 Å². The number of thioether (sulfide) groups is 1. The lowest BCUT2D eigenvalue weighted by molar-refractivity contribution is -0.141. The zero-order valence-electron chi connectivity index (χ0n) is 17.8. The van der Waals surface area contributed by atoms with Gasteiger partial charge in [-0.1, -0.05) is 25.6 Å². The molecule has 0 radical (unpaired) electrons. The van der Waals surface area contributed by atoms with Gasteiger partial charge in [-0.25, -0.2) is 0 Å². The van der Waals surface area contributed by atoms with Gasteiger partial charge in [-0.2, -0.15) is 0 Å². The quantitative estimate of drug-likeness (QED) is 0.630. The molecule has 29 heavy (non-hydrogen) atoms. The van der Waals surface area contributed by atoms with Crippen LogP contribution in [-0.4, -0.2) is 52.6 Å². The maximum absolute atomic E-state index is 13.4. The Morgan fingerprint density at radius 3 is 2.31 bits per heavy atom. The Bertz CT molecular complexity index is 721. The number of carbonyl (C=O) groups is 1. The van der Waals surface area contributed by atoms with Crippen LogP contribution in [0.2, 0.25) is 0 Å². The van der Waals surface area contributed by atoms with E-state index in [4.69, 9.17) is 4.74 Å². The van der Waals surface area contributed by atoms with Crippen LogP contribution in [0, 0.1) is 29.1 Å². The summed E-state index contributed by atoms with van der Waals surface area (Å²) in [5.41, 5.74) is -0.0162. The van der Waals surface area contributed by atoms with E-state index in [0.717, 1.165) is 81.0 Å². The van der Waals surface area contributed by atoms with Gasteiger partial charge in [0, 0.05) is 25.0 Å². The number of aromatic nitrogens is 3. The second kappa shape index (κ2) is 7.88. The van der Waals surface area contributed by atoms with Gasteiger partial charge in [0.05, 0.1) is 19.0 Å². The van der Waals surface area contributed by atoms with Gasteiger partial charge < -0.3 is 9.64 Å². The number of carbonyl (C=O) groups excluding carboxylic acids is 1. The Hall–Kier alpha value is -1.08. The number of ketones is 1. The summed E-state index contributed by atoms with van der Waals surface area (Å²) in [5, 5.41) is 9.92. The molecule has 4 aliphatic carbocycles. The molecular formula is C22H34N4O2S. The Labute approximate surface area is 178 Å². The molecule has 0 spiro atoms. The van der Waals surface area contributed by atoms with Crippen LogP contribution < -0.4 is 4.90 Å².